The molecular weight excluding hydrogens is 378 g/mol. The van der Waals surface area contributed by atoms with Crippen molar-refractivity contribution in [2.45, 2.75) is 77.8 Å². The third-order valence-electron chi connectivity index (χ3n) is 6.18. The Morgan fingerprint density at radius 3 is 2.77 bits per heavy atom. The van der Waals surface area contributed by atoms with Crippen molar-refractivity contribution in [3.63, 3.8) is 0 Å². The minimum absolute atomic E-state index is 0.0235. The molecular formula is C23H31N5O2. The molecule has 0 bridgehead atoms. The van der Waals surface area contributed by atoms with E-state index in [9.17, 15) is 9.90 Å². The fraction of sp³-hybridized carbons (Fsp3) is 0.565. The molecule has 0 saturated heterocycles. The van der Waals surface area contributed by atoms with Gasteiger partial charge in [-0.3, -0.25) is 4.79 Å². The molecule has 1 fully saturated rings. The van der Waals surface area contributed by atoms with E-state index in [1.54, 1.807) is 0 Å². The molecule has 1 amide bonds. The Hall–Kier alpha value is -2.70. The second-order valence-electron chi connectivity index (χ2n) is 8.89. The number of aromatic hydroxyl groups is 1. The number of phenolic OH excluding ortho intramolecular Hbond substituents is 1. The minimum Gasteiger partial charge on any atom is -0.507 e. The van der Waals surface area contributed by atoms with Gasteiger partial charge in [0, 0.05) is 23.6 Å². The van der Waals surface area contributed by atoms with Crippen LogP contribution in [0.4, 0.5) is 5.95 Å². The molecule has 2 aliphatic rings. The smallest absolute Gasteiger partial charge is 0.243 e. The van der Waals surface area contributed by atoms with Crippen molar-refractivity contribution in [3.05, 3.63) is 29.0 Å². The zero-order chi connectivity index (χ0) is 21.3. The molecule has 0 unspecified atom stereocenters. The van der Waals surface area contributed by atoms with E-state index >= 15 is 0 Å². The van der Waals surface area contributed by atoms with E-state index in [0.29, 0.717) is 23.0 Å². The zero-order valence-corrected chi connectivity index (χ0v) is 18.0. The molecule has 7 nitrogen and oxygen atoms in total. The normalized spacial score (nSPS) is 20.8. The van der Waals surface area contributed by atoms with Crippen LogP contribution in [0.2, 0.25) is 0 Å². The van der Waals surface area contributed by atoms with Crippen molar-refractivity contribution < 1.29 is 9.90 Å². The first-order chi connectivity index (χ1) is 14.4. The summed E-state index contributed by atoms with van der Waals surface area (Å²) < 4.78 is 0. The Bertz CT molecular complexity index is 943. The molecule has 1 aromatic carbocycles. The largest absolute Gasteiger partial charge is 0.507 e. The zero-order valence-electron chi connectivity index (χ0n) is 18.0. The second kappa shape index (κ2) is 8.58. The number of hydrogen-bond donors (Lipinski definition) is 3. The van der Waals surface area contributed by atoms with Gasteiger partial charge in [-0.15, -0.1) is 10.2 Å². The van der Waals surface area contributed by atoms with Crippen molar-refractivity contribution in [3.8, 4) is 17.0 Å². The van der Waals surface area contributed by atoms with Crippen molar-refractivity contribution in [2.24, 2.45) is 5.92 Å². The van der Waals surface area contributed by atoms with Crippen molar-refractivity contribution in [2.75, 3.05) is 5.32 Å². The van der Waals surface area contributed by atoms with E-state index in [4.69, 9.17) is 0 Å². The SMILES string of the molecule is Cc1nc(N[C@@H]2CCC[C@@H](C(=O)NC(C)C)C2)nnc1-c1ccc2c(c1O)CCC2. The lowest BCUT2D eigenvalue weighted by Gasteiger charge is -2.29. The monoisotopic (exact) mass is 409 g/mol. The number of aryl methyl sites for hydroxylation is 2. The van der Waals surface area contributed by atoms with E-state index in [0.717, 1.165) is 56.2 Å². The van der Waals surface area contributed by atoms with Crippen LogP contribution in [0.5, 0.6) is 5.75 Å². The molecule has 160 valence electrons. The summed E-state index contributed by atoms with van der Waals surface area (Å²) in [4.78, 5) is 17.0. The third kappa shape index (κ3) is 4.25. The van der Waals surface area contributed by atoms with Gasteiger partial charge in [0.1, 0.15) is 11.4 Å². The number of hydrogen-bond acceptors (Lipinski definition) is 6. The molecule has 0 aliphatic heterocycles. The van der Waals surface area contributed by atoms with Gasteiger partial charge in [0.2, 0.25) is 11.9 Å². The summed E-state index contributed by atoms with van der Waals surface area (Å²) >= 11 is 0. The summed E-state index contributed by atoms with van der Waals surface area (Å²) in [7, 11) is 0. The average molecular weight is 410 g/mol. The predicted molar refractivity (Wildman–Crippen MR) is 116 cm³/mol. The van der Waals surface area contributed by atoms with Crippen LogP contribution in [0.25, 0.3) is 11.3 Å². The quantitative estimate of drug-likeness (QED) is 0.698. The summed E-state index contributed by atoms with van der Waals surface area (Å²) in [5, 5.41) is 25.8. The van der Waals surface area contributed by atoms with Gasteiger partial charge in [0.05, 0.1) is 5.69 Å². The fourth-order valence-electron chi connectivity index (χ4n) is 4.70. The van der Waals surface area contributed by atoms with Crippen LogP contribution in [-0.4, -0.2) is 38.3 Å². The van der Waals surface area contributed by atoms with Crippen LogP contribution in [0, 0.1) is 12.8 Å². The molecule has 0 radical (unpaired) electrons. The van der Waals surface area contributed by atoms with E-state index in [1.807, 2.05) is 26.8 Å². The lowest BCUT2D eigenvalue weighted by atomic mass is 9.85. The number of amides is 1. The molecule has 2 atom stereocenters. The van der Waals surface area contributed by atoms with Crippen LogP contribution in [0.1, 0.15) is 62.8 Å². The van der Waals surface area contributed by atoms with Gasteiger partial charge in [-0.2, -0.15) is 0 Å². The van der Waals surface area contributed by atoms with Crippen LogP contribution in [0.3, 0.4) is 0 Å². The van der Waals surface area contributed by atoms with Crippen LogP contribution in [0.15, 0.2) is 12.1 Å². The number of carbonyl (C=O) groups is 1. The first kappa shape index (κ1) is 20.6. The summed E-state index contributed by atoms with van der Waals surface area (Å²) in [5.41, 5.74) is 4.30. The highest BCUT2D eigenvalue weighted by atomic mass is 16.3. The number of benzene rings is 1. The Labute approximate surface area is 177 Å². The van der Waals surface area contributed by atoms with Gasteiger partial charge in [-0.05, 0) is 76.5 Å². The molecule has 7 heteroatoms. The second-order valence-corrected chi connectivity index (χ2v) is 8.89. The minimum atomic E-state index is 0.0235. The van der Waals surface area contributed by atoms with E-state index < -0.39 is 0 Å². The molecule has 4 rings (SSSR count). The van der Waals surface area contributed by atoms with Crippen LogP contribution >= 0.6 is 0 Å². The van der Waals surface area contributed by atoms with Gasteiger partial charge in [0.15, 0.2) is 0 Å². The predicted octanol–water partition coefficient (Wildman–Crippen LogP) is 3.54. The van der Waals surface area contributed by atoms with E-state index in [-0.39, 0.29) is 23.9 Å². The molecule has 2 aliphatic carbocycles. The average Bonchev–Trinajstić information content (AvgIpc) is 3.18. The fourth-order valence-corrected chi connectivity index (χ4v) is 4.70. The molecule has 1 aromatic heterocycles. The van der Waals surface area contributed by atoms with Gasteiger partial charge in [-0.25, -0.2) is 4.98 Å². The highest BCUT2D eigenvalue weighted by molar-refractivity contribution is 5.79. The first-order valence-electron chi connectivity index (χ1n) is 11.0. The molecule has 1 saturated carbocycles. The van der Waals surface area contributed by atoms with Crippen LogP contribution < -0.4 is 10.6 Å². The van der Waals surface area contributed by atoms with Gasteiger partial charge >= 0.3 is 0 Å². The number of carbonyl (C=O) groups excluding carboxylic acids is 1. The van der Waals surface area contributed by atoms with E-state index in [1.165, 1.54) is 5.56 Å². The Kier molecular flexibility index (Phi) is 5.88. The lowest BCUT2D eigenvalue weighted by molar-refractivity contribution is -0.126. The number of aromatic nitrogens is 3. The molecule has 1 heterocycles. The molecule has 30 heavy (non-hydrogen) atoms. The maximum Gasteiger partial charge on any atom is 0.243 e. The number of phenols is 1. The Morgan fingerprint density at radius 2 is 2.00 bits per heavy atom. The number of rotatable bonds is 5. The van der Waals surface area contributed by atoms with Crippen molar-refractivity contribution >= 4 is 11.9 Å². The standard InChI is InChI=1S/C23H31N5O2/c1-13(2)24-22(30)16-7-4-8-17(12-16)26-23-25-14(3)20(27-28-23)19-11-10-15-6-5-9-18(15)21(19)29/h10-11,13,16-17,29H,4-9,12H2,1-3H3,(H,24,30)(H,25,26,28)/t16-,17-/m1/s1. The third-order valence-corrected chi connectivity index (χ3v) is 6.18. The van der Waals surface area contributed by atoms with E-state index in [2.05, 4.69) is 31.9 Å². The van der Waals surface area contributed by atoms with Gasteiger partial charge < -0.3 is 15.7 Å². The van der Waals surface area contributed by atoms with Gasteiger partial charge in [0.25, 0.3) is 0 Å². The van der Waals surface area contributed by atoms with Crippen molar-refractivity contribution in [1.82, 2.24) is 20.5 Å². The number of nitrogens with one attached hydrogen (secondary N) is 2. The topological polar surface area (TPSA) is 100 Å². The maximum atomic E-state index is 12.4. The Morgan fingerprint density at radius 1 is 1.17 bits per heavy atom. The lowest BCUT2D eigenvalue weighted by Crippen LogP contribution is -2.40. The summed E-state index contributed by atoms with van der Waals surface area (Å²) in [6.07, 6.45) is 6.69. The summed E-state index contributed by atoms with van der Waals surface area (Å²) in [5.74, 6) is 0.951. The molecule has 0 spiro atoms. The first-order valence-corrected chi connectivity index (χ1v) is 11.0. The van der Waals surface area contributed by atoms with Gasteiger partial charge in [-0.1, -0.05) is 12.5 Å². The van der Waals surface area contributed by atoms with Crippen molar-refractivity contribution in [1.29, 1.82) is 0 Å². The Balaban J connectivity index is 1.47. The summed E-state index contributed by atoms with van der Waals surface area (Å²) in [6.45, 7) is 5.86. The highest BCUT2D eigenvalue weighted by Gasteiger charge is 2.28. The molecule has 3 N–H and O–H groups in total. The van der Waals surface area contributed by atoms with Crippen LogP contribution in [-0.2, 0) is 17.6 Å². The number of fused-ring (bicyclic) bond motifs is 1. The molecule has 2 aromatic rings. The highest BCUT2D eigenvalue weighted by Crippen LogP contribution is 2.38. The summed E-state index contributed by atoms with van der Waals surface area (Å²) in [6, 6.07) is 4.31. The maximum absolute atomic E-state index is 12.4. The number of anilines is 1. The number of nitrogens with zero attached hydrogens (tertiary/aromatic N) is 3.